The monoisotopic (exact) mass is 496 g/mol. The van der Waals surface area contributed by atoms with Crippen molar-refractivity contribution in [1.29, 1.82) is 0 Å². The summed E-state index contributed by atoms with van der Waals surface area (Å²) in [5.74, 6) is 0.403. The van der Waals surface area contributed by atoms with E-state index in [1.165, 1.54) is 12.1 Å². The zero-order valence-electron chi connectivity index (χ0n) is 19.4. The van der Waals surface area contributed by atoms with Crippen LogP contribution in [-0.4, -0.2) is 59.3 Å². The van der Waals surface area contributed by atoms with E-state index in [1.54, 1.807) is 18.3 Å². The highest BCUT2D eigenvalue weighted by Gasteiger charge is 2.49. The maximum Gasteiger partial charge on any atom is 0.340 e. The fourth-order valence-electron chi connectivity index (χ4n) is 5.58. The number of H-pyrrole nitrogens is 1. The average Bonchev–Trinajstić information content (AvgIpc) is 3.24. The summed E-state index contributed by atoms with van der Waals surface area (Å²) < 4.78 is 35.4. The number of Topliss-reactive ketones (excluding diaryl/α,β-unsaturated/α-hetero) is 1. The Morgan fingerprint density at radius 3 is 2.31 bits per heavy atom. The van der Waals surface area contributed by atoms with E-state index < -0.39 is 10.1 Å². The van der Waals surface area contributed by atoms with Gasteiger partial charge in [-0.3, -0.25) is 14.2 Å². The topological polar surface area (TPSA) is 117 Å². The van der Waals surface area contributed by atoms with Crippen molar-refractivity contribution in [2.24, 2.45) is 5.92 Å². The molecule has 2 aromatic carbocycles. The van der Waals surface area contributed by atoms with Crippen LogP contribution in [0, 0.1) is 12.8 Å². The molecule has 5 heterocycles. The molecule has 5 atom stereocenters. The smallest absolute Gasteiger partial charge is 0.340 e. The Kier molecular flexibility index (Phi) is 6.25. The average molecular weight is 497 g/mol. The molecule has 184 valence electrons. The Morgan fingerprint density at radius 2 is 1.69 bits per heavy atom. The van der Waals surface area contributed by atoms with Crippen LogP contribution in [0.1, 0.15) is 41.6 Å². The van der Waals surface area contributed by atoms with Gasteiger partial charge in [0.15, 0.2) is 0 Å². The lowest BCUT2D eigenvalue weighted by Crippen LogP contribution is -2.63. The quantitative estimate of drug-likeness (QED) is 0.419. The molecule has 3 aromatic rings. The molecule has 35 heavy (non-hydrogen) atoms. The fourth-order valence-corrected chi connectivity index (χ4v) is 6.06. The summed E-state index contributed by atoms with van der Waals surface area (Å²) in [7, 11) is -4.02. The van der Waals surface area contributed by atoms with E-state index in [-0.39, 0.29) is 22.9 Å². The van der Waals surface area contributed by atoms with Crippen LogP contribution in [0.2, 0.25) is 0 Å². The van der Waals surface area contributed by atoms with Crippen molar-refractivity contribution in [2.45, 2.75) is 55.7 Å². The number of benzene rings is 2. The van der Waals surface area contributed by atoms with Crippen molar-refractivity contribution < 1.29 is 27.3 Å². The van der Waals surface area contributed by atoms with Gasteiger partial charge in [-0.1, -0.05) is 35.9 Å². The zero-order chi connectivity index (χ0) is 24.7. The number of esters is 1. The molecule has 7 rings (SSSR count). The molecule has 9 heteroatoms. The molecule has 1 aromatic heterocycles. The van der Waals surface area contributed by atoms with E-state index in [9.17, 15) is 18.0 Å². The second-order valence-corrected chi connectivity index (χ2v) is 11.1. The van der Waals surface area contributed by atoms with E-state index >= 15 is 0 Å². The van der Waals surface area contributed by atoms with Gasteiger partial charge in [-0.2, -0.15) is 8.42 Å². The lowest BCUT2D eigenvalue weighted by Gasteiger charge is -2.54. The molecule has 4 aliphatic rings. The number of carbonyl (C=O) groups excluding carboxylic acids is 2. The molecule has 8 nitrogen and oxygen atoms in total. The highest BCUT2D eigenvalue weighted by atomic mass is 32.2. The number of ketones is 1. The van der Waals surface area contributed by atoms with Crippen molar-refractivity contribution >= 4 is 32.8 Å². The lowest BCUT2D eigenvalue weighted by molar-refractivity contribution is -0.145. The number of piperidine rings is 4. The fraction of sp³-hybridized carbons (Fsp3) is 0.385. The van der Waals surface area contributed by atoms with Crippen molar-refractivity contribution in [2.75, 3.05) is 6.54 Å². The van der Waals surface area contributed by atoms with Crippen molar-refractivity contribution in [3.63, 3.8) is 0 Å². The third-order valence-electron chi connectivity index (χ3n) is 7.32. The third kappa shape index (κ3) is 4.89. The number of ether oxygens (including phenoxy) is 1. The second-order valence-electron chi connectivity index (χ2n) is 9.65. The number of nitrogens with zero attached hydrogens (tertiary/aromatic N) is 1. The summed E-state index contributed by atoms with van der Waals surface area (Å²) in [6, 6.07) is 14.6. The predicted molar refractivity (Wildman–Crippen MR) is 130 cm³/mol. The number of fused-ring (bicyclic) bond motifs is 2. The van der Waals surface area contributed by atoms with E-state index in [0.717, 1.165) is 42.1 Å². The first-order chi connectivity index (χ1) is 16.7. The molecule has 0 amide bonds. The minimum absolute atomic E-state index is 0.0356. The first-order valence-corrected chi connectivity index (χ1v) is 13.2. The number of aromatic amines is 1. The number of carbonyl (C=O) groups is 2. The highest BCUT2D eigenvalue weighted by molar-refractivity contribution is 7.85. The third-order valence-corrected chi connectivity index (χ3v) is 8.18. The van der Waals surface area contributed by atoms with Gasteiger partial charge >= 0.3 is 5.97 Å². The number of nitrogens with one attached hydrogen (secondary N) is 1. The van der Waals surface area contributed by atoms with Crippen LogP contribution in [-0.2, 0) is 19.6 Å². The predicted octanol–water partition coefficient (Wildman–Crippen LogP) is 3.76. The van der Waals surface area contributed by atoms with Gasteiger partial charge in [-0.15, -0.1) is 0 Å². The molecule has 0 radical (unpaired) electrons. The molecule has 4 saturated heterocycles. The molecule has 2 N–H and O–H groups in total. The normalized spacial score (nSPS) is 27.3. The Labute approximate surface area is 204 Å². The molecule has 0 spiro atoms. The van der Waals surface area contributed by atoms with Crippen LogP contribution in [0.15, 0.2) is 59.6 Å². The van der Waals surface area contributed by atoms with Gasteiger partial charge in [0.25, 0.3) is 10.1 Å². The van der Waals surface area contributed by atoms with Crippen LogP contribution >= 0.6 is 0 Å². The van der Waals surface area contributed by atoms with Crippen LogP contribution in [0.5, 0.6) is 0 Å². The molecular formula is C26H28N2O6S. The number of hydrogen-bond acceptors (Lipinski definition) is 6. The first kappa shape index (κ1) is 23.7. The van der Waals surface area contributed by atoms with Crippen LogP contribution in [0.3, 0.4) is 0 Å². The highest BCUT2D eigenvalue weighted by Crippen LogP contribution is 2.42. The molecular weight excluding hydrogens is 468 g/mol. The van der Waals surface area contributed by atoms with E-state index in [4.69, 9.17) is 9.29 Å². The van der Waals surface area contributed by atoms with E-state index in [1.807, 2.05) is 31.2 Å². The molecule has 4 fully saturated rings. The lowest BCUT2D eigenvalue weighted by atomic mass is 9.72. The summed E-state index contributed by atoms with van der Waals surface area (Å²) >= 11 is 0. The Bertz CT molecular complexity index is 1350. The van der Waals surface area contributed by atoms with Crippen molar-refractivity contribution in [3.05, 3.63) is 65.9 Å². The molecule has 0 saturated carbocycles. The molecule has 4 bridgehead atoms. The van der Waals surface area contributed by atoms with Gasteiger partial charge in [0, 0.05) is 47.9 Å². The van der Waals surface area contributed by atoms with Gasteiger partial charge in [-0.25, -0.2) is 4.79 Å². The maximum absolute atomic E-state index is 12.6. The number of hydrogen-bond donors (Lipinski definition) is 2. The second kappa shape index (κ2) is 9.22. The van der Waals surface area contributed by atoms with Gasteiger partial charge in [0.05, 0.1) is 17.0 Å². The van der Waals surface area contributed by atoms with E-state index in [2.05, 4.69) is 9.88 Å². The summed E-state index contributed by atoms with van der Waals surface area (Å²) in [5, 5.41) is 0.909. The van der Waals surface area contributed by atoms with Crippen molar-refractivity contribution in [1.82, 2.24) is 9.88 Å². The Hall–Kier alpha value is -3.01. The Balaban J connectivity index is 0.000000195. The van der Waals surface area contributed by atoms with Gasteiger partial charge < -0.3 is 9.72 Å². The standard InChI is InChI=1S/C19H20N2O3.C7H8O3S/c22-18-10-21-12-5-11(18)6-13(21)8-14(7-12)24-19(23)16-9-20-17-4-2-1-3-15(16)17;1-6-2-4-7(5-3-6)11(8,9)10/h1-4,9,11-14,20H,5-8,10H2;2-5H,1H3,(H,8,9,10)/t11-,12+,13-,14-;. The number of aromatic nitrogens is 1. The van der Waals surface area contributed by atoms with Gasteiger partial charge in [0.2, 0.25) is 0 Å². The van der Waals surface area contributed by atoms with E-state index in [0.29, 0.717) is 30.0 Å². The van der Waals surface area contributed by atoms with Crippen LogP contribution < -0.4 is 0 Å². The largest absolute Gasteiger partial charge is 0.459 e. The Morgan fingerprint density at radius 1 is 1.03 bits per heavy atom. The minimum atomic E-state index is -4.02. The van der Waals surface area contributed by atoms with Crippen LogP contribution in [0.25, 0.3) is 10.9 Å². The number of para-hydroxylation sites is 1. The SMILES string of the molecule is Cc1ccc(S(=O)(=O)O)cc1.O=C(O[C@@H]1C[C@@H]2C[C@@H]3C[C@H](C1)N2CC3=O)c1c[nH]c2ccccc12. The molecule has 1 unspecified atom stereocenters. The summed E-state index contributed by atoms with van der Waals surface area (Å²) in [6.07, 6.45) is 5.29. The summed E-state index contributed by atoms with van der Waals surface area (Å²) in [6.45, 7) is 2.44. The molecule has 0 aliphatic carbocycles. The zero-order valence-corrected chi connectivity index (χ0v) is 20.2. The number of aryl methyl sites for hydroxylation is 1. The van der Waals surface area contributed by atoms with Crippen LogP contribution in [0.4, 0.5) is 0 Å². The molecule has 4 aliphatic heterocycles. The maximum atomic E-state index is 12.6. The first-order valence-electron chi connectivity index (χ1n) is 11.8. The number of rotatable bonds is 3. The summed E-state index contributed by atoms with van der Waals surface area (Å²) in [5.41, 5.74) is 2.52. The van der Waals surface area contributed by atoms with Gasteiger partial charge in [-0.05, 0) is 38.0 Å². The summed E-state index contributed by atoms with van der Waals surface area (Å²) in [4.78, 5) is 29.9. The minimum Gasteiger partial charge on any atom is -0.459 e. The van der Waals surface area contributed by atoms with Gasteiger partial charge in [0.1, 0.15) is 11.9 Å². The van der Waals surface area contributed by atoms with Crippen molar-refractivity contribution in [3.8, 4) is 0 Å².